The zero-order chi connectivity index (χ0) is 13.8. The van der Waals surface area contributed by atoms with E-state index >= 15 is 0 Å². The van der Waals surface area contributed by atoms with E-state index in [4.69, 9.17) is 21.1 Å². The third kappa shape index (κ3) is 2.71. The lowest BCUT2D eigenvalue weighted by atomic mass is 10.0. The average molecular weight is 277 g/mol. The minimum Gasteiger partial charge on any atom is -0.496 e. The van der Waals surface area contributed by atoms with E-state index in [1.54, 1.807) is 50.6 Å². The van der Waals surface area contributed by atoms with Gasteiger partial charge in [-0.2, -0.15) is 0 Å². The third-order valence-electron chi connectivity index (χ3n) is 2.81. The predicted octanol–water partition coefficient (Wildman–Crippen LogP) is 3.84. The third-order valence-corrected chi connectivity index (χ3v) is 3.05. The van der Waals surface area contributed by atoms with Crippen LogP contribution in [0.15, 0.2) is 36.4 Å². The summed E-state index contributed by atoms with van der Waals surface area (Å²) >= 11 is 6.03. The van der Waals surface area contributed by atoms with Gasteiger partial charge in [0.15, 0.2) is 0 Å². The van der Waals surface area contributed by atoms with E-state index in [-0.39, 0.29) is 0 Å². The normalized spacial score (nSPS) is 10.1. The second-order valence-electron chi connectivity index (χ2n) is 3.92. The summed E-state index contributed by atoms with van der Waals surface area (Å²) in [6.07, 6.45) is 0.792. The summed E-state index contributed by atoms with van der Waals surface area (Å²) in [5, 5.41) is 0.592. The quantitative estimate of drug-likeness (QED) is 0.796. The molecule has 0 N–H and O–H groups in total. The van der Waals surface area contributed by atoms with E-state index in [2.05, 4.69) is 0 Å². The van der Waals surface area contributed by atoms with Gasteiger partial charge in [-0.3, -0.25) is 4.79 Å². The Morgan fingerprint density at radius 2 is 1.53 bits per heavy atom. The highest BCUT2D eigenvalue weighted by atomic mass is 35.5. The van der Waals surface area contributed by atoms with Gasteiger partial charge >= 0.3 is 0 Å². The van der Waals surface area contributed by atoms with Crippen LogP contribution in [0, 0.1) is 0 Å². The van der Waals surface area contributed by atoms with Gasteiger partial charge in [-0.1, -0.05) is 11.6 Å². The molecule has 19 heavy (non-hydrogen) atoms. The smallest absolute Gasteiger partial charge is 0.150 e. The van der Waals surface area contributed by atoms with E-state index in [1.807, 2.05) is 0 Å². The minimum absolute atomic E-state index is 0.567. The maximum Gasteiger partial charge on any atom is 0.150 e. The Bertz CT molecular complexity index is 608. The molecule has 4 heteroatoms. The van der Waals surface area contributed by atoms with Gasteiger partial charge in [0.25, 0.3) is 0 Å². The van der Waals surface area contributed by atoms with Crippen LogP contribution in [0.1, 0.15) is 10.4 Å². The Hall–Kier alpha value is -2.00. The Balaban J connectivity index is 2.68. The van der Waals surface area contributed by atoms with Crippen molar-refractivity contribution < 1.29 is 14.3 Å². The standard InChI is InChI=1S/C15H13ClO3/c1-18-14-5-3-10(9-17)7-12(14)13-8-11(16)4-6-15(13)19-2/h3-9H,1-2H3. The van der Waals surface area contributed by atoms with Gasteiger partial charge in [-0.05, 0) is 36.4 Å². The molecule has 0 fully saturated rings. The molecule has 0 aliphatic carbocycles. The van der Waals surface area contributed by atoms with Crippen LogP contribution in [0.3, 0.4) is 0 Å². The number of benzene rings is 2. The first-order valence-electron chi connectivity index (χ1n) is 5.66. The van der Waals surface area contributed by atoms with Crippen molar-refractivity contribution in [2.75, 3.05) is 14.2 Å². The zero-order valence-corrected chi connectivity index (χ0v) is 11.4. The van der Waals surface area contributed by atoms with Crippen LogP contribution in [0.25, 0.3) is 11.1 Å². The molecule has 3 nitrogen and oxygen atoms in total. The van der Waals surface area contributed by atoms with Gasteiger partial charge in [0.1, 0.15) is 17.8 Å². The van der Waals surface area contributed by atoms with E-state index in [0.29, 0.717) is 22.1 Å². The van der Waals surface area contributed by atoms with Gasteiger partial charge in [-0.25, -0.2) is 0 Å². The van der Waals surface area contributed by atoms with E-state index in [9.17, 15) is 4.79 Å². The number of hydrogen-bond donors (Lipinski definition) is 0. The number of halogens is 1. The number of carbonyl (C=O) groups excluding carboxylic acids is 1. The van der Waals surface area contributed by atoms with Crippen molar-refractivity contribution in [1.82, 2.24) is 0 Å². The van der Waals surface area contributed by atoms with Crippen molar-refractivity contribution in [3.05, 3.63) is 47.0 Å². The number of rotatable bonds is 4. The van der Waals surface area contributed by atoms with Crippen LogP contribution in [-0.4, -0.2) is 20.5 Å². The molecule has 0 heterocycles. The zero-order valence-electron chi connectivity index (χ0n) is 10.6. The Morgan fingerprint density at radius 1 is 0.947 bits per heavy atom. The average Bonchev–Trinajstić information content (AvgIpc) is 2.46. The first kappa shape index (κ1) is 13.4. The summed E-state index contributed by atoms with van der Waals surface area (Å²) in [5.41, 5.74) is 2.12. The molecule has 98 valence electrons. The van der Waals surface area contributed by atoms with E-state index in [1.165, 1.54) is 0 Å². The van der Waals surface area contributed by atoms with Crippen molar-refractivity contribution in [2.45, 2.75) is 0 Å². The molecule has 0 amide bonds. The molecular formula is C15H13ClO3. The summed E-state index contributed by atoms with van der Waals surface area (Å²) in [5.74, 6) is 1.33. The van der Waals surface area contributed by atoms with Crippen LogP contribution in [0.5, 0.6) is 11.5 Å². The van der Waals surface area contributed by atoms with E-state index < -0.39 is 0 Å². The second-order valence-corrected chi connectivity index (χ2v) is 4.36. The SMILES string of the molecule is COc1ccc(Cl)cc1-c1cc(C=O)ccc1OC. The minimum atomic E-state index is 0.567. The number of ether oxygens (including phenoxy) is 2. The molecule has 0 unspecified atom stereocenters. The van der Waals surface area contributed by atoms with Gasteiger partial charge in [0.05, 0.1) is 14.2 Å². The van der Waals surface area contributed by atoms with E-state index in [0.717, 1.165) is 17.4 Å². The Morgan fingerprint density at radius 3 is 2.11 bits per heavy atom. The van der Waals surface area contributed by atoms with Gasteiger partial charge in [0, 0.05) is 21.7 Å². The lowest BCUT2D eigenvalue weighted by molar-refractivity contribution is 0.112. The fraction of sp³-hybridized carbons (Fsp3) is 0.133. The van der Waals surface area contributed by atoms with Gasteiger partial charge in [-0.15, -0.1) is 0 Å². The maximum absolute atomic E-state index is 10.9. The maximum atomic E-state index is 10.9. The van der Waals surface area contributed by atoms with Crippen molar-refractivity contribution in [3.8, 4) is 22.6 Å². The molecule has 0 aliphatic rings. The topological polar surface area (TPSA) is 35.5 Å². The molecular weight excluding hydrogens is 264 g/mol. The molecule has 0 atom stereocenters. The van der Waals surface area contributed by atoms with Crippen molar-refractivity contribution in [1.29, 1.82) is 0 Å². The van der Waals surface area contributed by atoms with Gasteiger partial charge < -0.3 is 9.47 Å². The molecule has 2 aromatic carbocycles. The molecule has 2 aromatic rings. The number of carbonyl (C=O) groups is 1. The first-order valence-corrected chi connectivity index (χ1v) is 6.04. The molecule has 0 saturated heterocycles. The van der Waals surface area contributed by atoms with Crippen molar-refractivity contribution in [2.24, 2.45) is 0 Å². The second kappa shape index (κ2) is 5.76. The lowest BCUT2D eigenvalue weighted by Crippen LogP contribution is -1.93. The Kier molecular flexibility index (Phi) is 4.07. The lowest BCUT2D eigenvalue weighted by Gasteiger charge is -2.13. The van der Waals surface area contributed by atoms with Gasteiger partial charge in [0.2, 0.25) is 0 Å². The highest BCUT2D eigenvalue weighted by Crippen LogP contribution is 2.38. The molecule has 0 spiro atoms. The molecule has 0 aliphatic heterocycles. The van der Waals surface area contributed by atoms with Crippen LogP contribution in [-0.2, 0) is 0 Å². The summed E-state index contributed by atoms with van der Waals surface area (Å²) < 4.78 is 10.6. The molecule has 0 radical (unpaired) electrons. The highest BCUT2D eigenvalue weighted by Gasteiger charge is 2.12. The van der Waals surface area contributed by atoms with Crippen LogP contribution < -0.4 is 9.47 Å². The summed E-state index contributed by atoms with van der Waals surface area (Å²) in [6.45, 7) is 0. The van der Waals surface area contributed by atoms with Crippen LogP contribution in [0.4, 0.5) is 0 Å². The van der Waals surface area contributed by atoms with Crippen LogP contribution >= 0.6 is 11.6 Å². The molecule has 0 bridgehead atoms. The predicted molar refractivity (Wildman–Crippen MR) is 75.4 cm³/mol. The van der Waals surface area contributed by atoms with Crippen molar-refractivity contribution >= 4 is 17.9 Å². The number of methoxy groups -OCH3 is 2. The fourth-order valence-corrected chi connectivity index (χ4v) is 2.07. The molecule has 2 rings (SSSR count). The summed E-state index contributed by atoms with van der Waals surface area (Å²) in [6, 6.07) is 10.5. The van der Waals surface area contributed by atoms with Crippen LogP contribution in [0.2, 0.25) is 5.02 Å². The summed E-state index contributed by atoms with van der Waals surface area (Å²) in [4.78, 5) is 10.9. The fourth-order valence-electron chi connectivity index (χ4n) is 1.90. The first-order chi connectivity index (χ1) is 9.19. The number of aldehydes is 1. The largest absolute Gasteiger partial charge is 0.496 e. The molecule has 0 saturated carbocycles. The highest BCUT2D eigenvalue weighted by molar-refractivity contribution is 6.31. The van der Waals surface area contributed by atoms with Crippen molar-refractivity contribution in [3.63, 3.8) is 0 Å². The summed E-state index contributed by atoms with van der Waals surface area (Å²) in [7, 11) is 3.17. The number of hydrogen-bond acceptors (Lipinski definition) is 3. The monoisotopic (exact) mass is 276 g/mol. The molecule has 0 aromatic heterocycles. The Labute approximate surface area is 116 Å².